The molecule has 0 radical (unpaired) electrons. The number of hydrogen-bond donors (Lipinski definition) is 0. The van der Waals surface area contributed by atoms with Gasteiger partial charge in [-0.05, 0) is 24.3 Å². The lowest BCUT2D eigenvalue weighted by Crippen LogP contribution is -2.25. The van der Waals surface area contributed by atoms with Gasteiger partial charge in [0.25, 0.3) is 0 Å². The molecule has 2 aromatic carbocycles. The second-order valence-electron chi connectivity index (χ2n) is 8.21. The van der Waals surface area contributed by atoms with Crippen molar-refractivity contribution < 1.29 is 26.7 Å². The van der Waals surface area contributed by atoms with Crippen molar-refractivity contribution in [1.29, 1.82) is 0 Å². The predicted molar refractivity (Wildman–Crippen MR) is 151 cm³/mol. The van der Waals surface area contributed by atoms with E-state index in [9.17, 15) is 0 Å². The number of benzene rings is 2. The van der Waals surface area contributed by atoms with E-state index in [2.05, 4.69) is 10.2 Å². The smallest absolute Gasteiger partial charge is 0.169 e. The van der Waals surface area contributed by atoms with Gasteiger partial charge < -0.3 is 9.11 Å². The fraction of sp³-hybridized carbons (Fsp3) is 0.143. The molecule has 0 fully saturated rings. The highest BCUT2D eigenvalue weighted by atomic mass is 32.3. The lowest BCUT2D eigenvalue weighted by molar-refractivity contribution is -0.671. The number of para-hydroxylation sites is 2. The van der Waals surface area contributed by atoms with E-state index >= 15 is 0 Å². The molecule has 0 bridgehead atoms. The molecule has 0 N–H and O–H groups in total. The number of pyridine rings is 2. The summed E-state index contributed by atoms with van der Waals surface area (Å²) >= 11 is 0. The number of rotatable bonds is 6. The minimum absolute atomic E-state index is 1.07. The van der Waals surface area contributed by atoms with Crippen molar-refractivity contribution in [1.82, 2.24) is 0 Å². The van der Waals surface area contributed by atoms with Gasteiger partial charge in [-0.3, -0.25) is 18.4 Å². The molecule has 0 spiro atoms. The topological polar surface area (TPSA) is 119 Å². The summed E-state index contributed by atoms with van der Waals surface area (Å²) in [5.41, 5.74) is 4.33. The SMILES string of the molecule is CN(N=Cc1cc[n+](C)cc1)c1ccccc1.CN(N=Cc1cc[n+](C)cc1)c1ccccc1.O=S(=O)([O-])[O-]. The van der Waals surface area contributed by atoms with E-state index < -0.39 is 10.4 Å². The zero-order chi connectivity index (χ0) is 28.7. The summed E-state index contributed by atoms with van der Waals surface area (Å²) in [5.74, 6) is 0. The summed E-state index contributed by atoms with van der Waals surface area (Å²) in [6.07, 6.45) is 11.7. The lowest BCUT2D eigenvalue weighted by atomic mass is 10.3. The molecule has 4 rings (SSSR count). The number of hydrazone groups is 2. The summed E-state index contributed by atoms with van der Waals surface area (Å²) in [6, 6.07) is 28.3. The number of hydrogen-bond acceptors (Lipinski definition) is 8. The highest BCUT2D eigenvalue weighted by molar-refractivity contribution is 7.79. The van der Waals surface area contributed by atoms with Gasteiger partial charge in [-0.25, -0.2) is 9.13 Å². The monoisotopic (exact) mass is 548 g/mol. The molecule has 2 heterocycles. The van der Waals surface area contributed by atoms with Crippen molar-refractivity contribution >= 4 is 34.2 Å². The number of anilines is 2. The number of nitrogens with zero attached hydrogens (tertiary/aromatic N) is 6. The fourth-order valence-electron chi connectivity index (χ4n) is 2.92. The van der Waals surface area contributed by atoms with Crippen LogP contribution in [0.1, 0.15) is 11.1 Å². The Morgan fingerprint density at radius 1 is 0.615 bits per heavy atom. The zero-order valence-electron chi connectivity index (χ0n) is 22.3. The average Bonchev–Trinajstić information content (AvgIpc) is 2.92. The Bertz CT molecular complexity index is 1310. The largest absolute Gasteiger partial charge is 0.759 e. The van der Waals surface area contributed by atoms with E-state index in [1.54, 1.807) is 0 Å². The standard InChI is InChI=1S/2C14H16N3.H2O4S/c2*1-16-10-8-13(9-11-16)12-15-17(2)14-6-4-3-5-7-14;1-5(2,3)4/h2*3-12H,1-2H3;(H2,1,2,3,4)/q2*+1;/p-2. The molecular formula is C28H32N6O4S. The van der Waals surface area contributed by atoms with Crippen LogP contribution in [-0.4, -0.2) is 44.0 Å². The first kappa shape index (κ1) is 30.8. The van der Waals surface area contributed by atoms with Gasteiger partial charge in [-0.1, -0.05) is 36.4 Å². The predicted octanol–water partition coefficient (Wildman–Crippen LogP) is 2.62. The Balaban J connectivity index is 0.000000234. The summed E-state index contributed by atoms with van der Waals surface area (Å²) in [6.45, 7) is 0. The van der Waals surface area contributed by atoms with Crippen LogP contribution < -0.4 is 19.2 Å². The Morgan fingerprint density at radius 3 is 1.18 bits per heavy atom. The normalized spacial score (nSPS) is 10.8. The molecule has 10 nitrogen and oxygen atoms in total. The van der Waals surface area contributed by atoms with Gasteiger partial charge in [-0.2, -0.15) is 10.2 Å². The molecule has 4 aromatic rings. The van der Waals surface area contributed by atoms with Crippen molar-refractivity contribution in [2.24, 2.45) is 24.3 Å². The van der Waals surface area contributed by atoms with E-state index in [0.29, 0.717) is 0 Å². The summed E-state index contributed by atoms with van der Waals surface area (Å²) in [4.78, 5) is 0. The Labute approximate surface area is 230 Å². The number of aryl methyl sites for hydroxylation is 2. The highest BCUT2D eigenvalue weighted by Crippen LogP contribution is 2.11. The first-order chi connectivity index (χ1) is 18.5. The molecule has 0 saturated carbocycles. The van der Waals surface area contributed by atoms with Gasteiger partial charge >= 0.3 is 0 Å². The maximum atomic E-state index is 8.52. The van der Waals surface area contributed by atoms with Crippen molar-refractivity contribution in [2.75, 3.05) is 24.1 Å². The molecule has 0 atom stereocenters. The van der Waals surface area contributed by atoms with E-state index in [-0.39, 0.29) is 0 Å². The molecular weight excluding hydrogens is 516 g/mol. The van der Waals surface area contributed by atoms with Gasteiger partial charge in [0, 0.05) is 59.9 Å². The van der Waals surface area contributed by atoms with Crippen molar-refractivity contribution in [3.8, 4) is 0 Å². The highest BCUT2D eigenvalue weighted by Gasteiger charge is 1.98. The molecule has 0 unspecified atom stereocenters. The van der Waals surface area contributed by atoms with Gasteiger partial charge in [0.1, 0.15) is 14.1 Å². The second kappa shape index (κ2) is 15.7. The van der Waals surface area contributed by atoms with E-state index in [4.69, 9.17) is 17.5 Å². The van der Waals surface area contributed by atoms with Crippen LogP contribution in [-0.2, 0) is 24.5 Å². The van der Waals surface area contributed by atoms with E-state index in [0.717, 1.165) is 22.5 Å². The lowest BCUT2D eigenvalue weighted by Gasteiger charge is -2.11. The van der Waals surface area contributed by atoms with E-state index in [1.807, 2.05) is 169 Å². The molecule has 11 heteroatoms. The summed E-state index contributed by atoms with van der Waals surface area (Å²) in [5, 5.41) is 12.5. The first-order valence-electron chi connectivity index (χ1n) is 11.7. The van der Waals surface area contributed by atoms with Crippen LogP contribution in [0.25, 0.3) is 0 Å². The molecule has 0 aliphatic carbocycles. The quantitative estimate of drug-likeness (QED) is 0.120. The third-order valence-corrected chi connectivity index (χ3v) is 5.03. The van der Waals surface area contributed by atoms with Crippen LogP contribution in [0, 0.1) is 0 Å². The van der Waals surface area contributed by atoms with Crippen molar-refractivity contribution in [3.05, 3.63) is 121 Å². The Kier molecular flexibility index (Phi) is 12.4. The molecule has 0 saturated heterocycles. The van der Waals surface area contributed by atoms with Crippen LogP contribution in [0.2, 0.25) is 0 Å². The average molecular weight is 549 g/mol. The van der Waals surface area contributed by atoms with Gasteiger partial charge in [0.2, 0.25) is 0 Å². The molecule has 0 aliphatic rings. The summed E-state index contributed by atoms with van der Waals surface area (Å²) < 4.78 is 38.1. The van der Waals surface area contributed by atoms with Gasteiger partial charge in [-0.15, -0.1) is 0 Å². The third-order valence-electron chi connectivity index (χ3n) is 5.03. The van der Waals surface area contributed by atoms with Crippen LogP contribution in [0.4, 0.5) is 11.4 Å². The second-order valence-corrected chi connectivity index (χ2v) is 9.03. The molecule has 39 heavy (non-hydrogen) atoms. The molecule has 0 amide bonds. The Morgan fingerprint density at radius 2 is 0.897 bits per heavy atom. The maximum absolute atomic E-state index is 8.52. The van der Waals surface area contributed by atoms with Crippen molar-refractivity contribution in [2.45, 2.75) is 0 Å². The fourth-order valence-corrected chi connectivity index (χ4v) is 2.92. The van der Waals surface area contributed by atoms with Gasteiger partial charge in [0.15, 0.2) is 24.8 Å². The first-order valence-corrected chi connectivity index (χ1v) is 13.1. The third kappa shape index (κ3) is 13.6. The van der Waals surface area contributed by atoms with Crippen LogP contribution in [0.3, 0.4) is 0 Å². The zero-order valence-corrected chi connectivity index (χ0v) is 23.1. The van der Waals surface area contributed by atoms with Crippen LogP contribution in [0.5, 0.6) is 0 Å². The number of aromatic nitrogens is 2. The Hall–Kier alpha value is -4.45. The minimum atomic E-state index is -5.17. The maximum Gasteiger partial charge on any atom is 0.169 e. The molecule has 0 aliphatic heterocycles. The van der Waals surface area contributed by atoms with Crippen molar-refractivity contribution in [3.63, 3.8) is 0 Å². The van der Waals surface area contributed by atoms with Crippen LogP contribution in [0.15, 0.2) is 120 Å². The van der Waals surface area contributed by atoms with Gasteiger partial charge in [0.05, 0.1) is 23.8 Å². The molecule has 2 aromatic heterocycles. The minimum Gasteiger partial charge on any atom is -0.759 e. The molecule has 204 valence electrons. The van der Waals surface area contributed by atoms with Crippen LogP contribution >= 0.6 is 0 Å². The summed E-state index contributed by atoms with van der Waals surface area (Å²) in [7, 11) is 2.71. The van der Waals surface area contributed by atoms with E-state index in [1.165, 1.54) is 0 Å².